The summed E-state index contributed by atoms with van der Waals surface area (Å²) in [5.74, 6) is -1.14. The molecule has 2 unspecified atom stereocenters. The summed E-state index contributed by atoms with van der Waals surface area (Å²) in [6, 6.07) is 13.0. The standard InChI is InChI=1S/C24H24ClN5O5S/c1-13-21(15(3)35-28-13)36(33,34)29-14(2)23(31)27-22-24(32)30(4)19-11-10-17(25)12-18(19)20(26-22)16-8-6-5-7-9-16/h5-12,14,22,29H,1-4H3,(H,27,31). The highest BCUT2D eigenvalue weighted by Crippen LogP contribution is 2.30. The molecule has 2 atom stereocenters. The van der Waals surface area contributed by atoms with Gasteiger partial charge in [0.1, 0.15) is 10.6 Å². The van der Waals surface area contributed by atoms with Crippen LogP contribution >= 0.6 is 11.6 Å². The van der Waals surface area contributed by atoms with E-state index in [1.807, 2.05) is 30.3 Å². The smallest absolute Gasteiger partial charge is 0.272 e. The molecule has 0 fully saturated rings. The minimum atomic E-state index is -4.11. The minimum Gasteiger partial charge on any atom is -0.360 e. The molecule has 12 heteroatoms. The van der Waals surface area contributed by atoms with Crippen molar-refractivity contribution in [2.45, 2.75) is 37.9 Å². The zero-order chi connectivity index (χ0) is 26.2. The number of hydrogen-bond donors (Lipinski definition) is 2. The van der Waals surface area contributed by atoms with Crippen LogP contribution in [0.25, 0.3) is 0 Å². The van der Waals surface area contributed by atoms with Crippen molar-refractivity contribution in [1.82, 2.24) is 15.2 Å². The number of aliphatic imine (C=N–C) groups is 1. The van der Waals surface area contributed by atoms with E-state index in [9.17, 15) is 18.0 Å². The predicted molar refractivity (Wildman–Crippen MR) is 135 cm³/mol. The first kappa shape index (κ1) is 25.5. The summed E-state index contributed by atoms with van der Waals surface area (Å²) in [5.41, 5.74) is 2.53. The first-order chi connectivity index (χ1) is 17.0. The zero-order valence-electron chi connectivity index (χ0n) is 19.9. The molecule has 1 aromatic heterocycles. The number of nitrogens with zero attached hydrogens (tertiary/aromatic N) is 3. The van der Waals surface area contributed by atoms with Crippen LogP contribution in [-0.4, -0.2) is 50.4 Å². The van der Waals surface area contributed by atoms with E-state index in [4.69, 9.17) is 16.1 Å². The molecule has 36 heavy (non-hydrogen) atoms. The van der Waals surface area contributed by atoms with Crippen LogP contribution in [0.5, 0.6) is 0 Å². The Morgan fingerprint density at radius 2 is 1.86 bits per heavy atom. The molecule has 1 aliphatic heterocycles. The second-order valence-corrected chi connectivity index (χ2v) is 10.4. The lowest BCUT2D eigenvalue weighted by Crippen LogP contribution is -2.52. The van der Waals surface area contributed by atoms with Crippen molar-refractivity contribution >= 4 is 44.8 Å². The maximum absolute atomic E-state index is 13.3. The Hall–Kier alpha value is -3.54. The number of benzodiazepines with no additional fused rings is 1. The van der Waals surface area contributed by atoms with Gasteiger partial charge < -0.3 is 14.7 Å². The number of rotatable bonds is 6. The number of carbonyl (C=O) groups excluding carboxylic acids is 2. The number of amides is 2. The molecule has 0 spiro atoms. The van der Waals surface area contributed by atoms with Crippen LogP contribution in [0, 0.1) is 13.8 Å². The molecule has 2 amide bonds. The van der Waals surface area contributed by atoms with E-state index in [0.717, 1.165) is 5.56 Å². The number of fused-ring (bicyclic) bond motifs is 1. The summed E-state index contributed by atoms with van der Waals surface area (Å²) in [7, 11) is -2.54. The van der Waals surface area contributed by atoms with E-state index in [1.165, 1.54) is 25.7 Å². The largest absolute Gasteiger partial charge is 0.360 e. The molecule has 4 rings (SSSR count). The number of nitrogens with one attached hydrogen (secondary N) is 2. The lowest BCUT2D eigenvalue weighted by molar-refractivity contribution is -0.128. The van der Waals surface area contributed by atoms with Crippen molar-refractivity contribution in [3.05, 3.63) is 76.1 Å². The Bertz CT molecular complexity index is 1450. The van der Waals surface area contributed by atoms with E-state index >= 15 is 0 Å². The average Bonchev–Trinajstić information content (AvgIpc) is 3.15. The lowest BCUT2D eigenvalue weighted by Gasteiger charge is -2.22. The quantitative estimate of drug-likeness (QED) is 0.504. The fraction of sp³-hybridized carbons (Fsp3) is 0.250. The van der Waals surface area contributed by atoms with Crippen molar-refractivity contribution in [1.29, 1.82) is 0 Å². The second kappa shape index (κ2) is 9.84. The summed E-state index contributed by atoms with van der Waals surface area (Å²) in [4.78, 5) is 32.2. The fourth-order valence-electron chi connectivity index (χ4n) is 3.93. The number of aryl methyl sites for hydroxylation is 2. The Labute approximate surface area is 213 Å². The first-order valence-corrected chi connectivity index (χ1v) is 12.8. The van der Waals surface area contributed by atoms with Crippen LogP contribution in [0.4, 0.5) is 5.69 Å². The van der Waals surface area contributed by atoms with Crippen LogP contribution in [0.3, 0.4) is 0 Å². The number of likely N-dealkylation sites (N-methyl/N-ethyl adjacent to an activating group) is 1. The highest BCUT2D eigenvalue weighted by atomic mass is 35.5. The number of aromatic nitrogens is 1. The monoisotopic (exact) mass is 529 g/mol. The van der Waals surface area contributed by atoms with Crippen LogP contribution < -0.4 is 14.9 Å². The van der Waals surface area contributed by atoms with Crippen molar-refractivity contribution in [3.63, 3.8) is 0 Å². The minimum absolute atomic E-state index is 0.0988. The Kier molecular flexibility index (Phi) is 6.98. The fourth-order valence-corrected chi connectivity index (χ4v) is 5.63. The molecule has 0 radical (unpaired) electrons. The molecule has 2 N–H and O–H groups in total. The summed E-state index contributed by atoms with van der Waals surface area (Å²) >= 11 is 6.25. The molecule has 0 saturated carbocycles. The second-order valence-electron chi connectivity index (χ2n) is 8.31. The molecule has 2 heterocycles. The predicted octanol–water partition coefficient (Wildman–Crippen LogP) is 2.57. The highest BCUT2D eigenvalue weighted by molar-refractivity contribution is 7.89. The van der Waals surface area contributed by atoms with Crippen molar-refractivity contribution < 1.29 is 22.5 Å². The van der Waals surface area contributed by atoms with E-state index in [0.29, 0.717) is 22.0 Å². The Morgan fingerprint density at radius 1 is 1.17 bits per heavy atom. The van der Waals surface area contributed by atoms with Gasteiger partial charge in [-0.1, -0.05) is 47.1 Å². The van der Waals surface area contributed by atoms with Gasteiger partial charge >= 0.3 is 0 Å². The summed E-state index contributed by atoms with van der Waals surface area (Å²) in [6.45, 7) is 4.31. The molecule has 1 aliphatic rings. The third kappa shape index (κ3) is 4.90. The normalized spacial score (nSPS) is 16.7. The van der Waals surface area contributed by atoms with Crippen molar-refractivity contribution in [3.8, 4) is 0 Å². The molecule has 3 aromatic rings. The van der Waals surface area contributed by atoms with E-state index < -0.39 is 34.0 Å². The molecule has 2 aromatic carbocycles. The average molecular weight is 530 g/mol. The maximum Gasteiger partial charge on any atom is 0.272 e. The summed E-state index contributed by atoms with van der Waals surface area (Å²) in [6.07, 6.45) is -1.31. The third-order valence-corrected chi connectivity index (χ3v) is 7.71. The highest BCUT2D eigenvalue weighted by Gasteiger charge is 2.34. The maximum atomic E-state index is 13.3. The van der Waals surface area contributed by atoms with Gasteiger partial charge in [0.25, 0.3) is 5.91 Å². The number of halogens is 1. The molecular weight excluding hydrogens is 506 g/mol. The first-order valence-electron chi connectivity index (χ1n) is 11.0. The molecule has 0 saturated heterocycles. The van der Waals surface area contributed by atoms with Gasteiger partial charge in [-0.2, -0.15) is 4.72 Å². The molecule has 0 aliphatic carbocycles. The van der Waals surface area contributed by atoms with Crippen LogP contribution in [0.15, 0.2) is 62.9 Å². The SMILES string of the molecule is Cc1noc(C)c1S(=O)(=O)NC(C)C(=O)NC1N=C(c2ccccc2)c2cc(Cl)ccc2N(C)C1=O. The molecule has 0 bridgehead atoms. The van der Waals surface area contributed by atoms with Crippen molar-refractivity contribution in [2.24, 2.45) is 4.99 Å². The van der Waals surface area contributed by atoms with Crippen LogP contribution in [0.1, 0.15) is 29.5 Å². The number of sulfonamides is 1. The molecular formula is C24H24ClN5O5S. The van der Waals surface area contributed by atoms with Gasteiger partial charge in [-0.05, 0) is 39.0 Å². The number of anilines is 1. The number of benzene rings is 2. The van der Waals surface area contributed by atoms with E-state index in [2.05, 4.69) is 20.2 Å². The third-order valence-electron chi connectivity index (χ3n) is 5.69. The van der Waals surface area contributed by atoms with Gasteiger partial charge in [0.2, 0.25) is 22.1 Å². The van der Waals surface area contributed by atoms with Gasteiger partial charge in [0.15, 0.2) is 5.76 Å². The van der Waals surface area contributed by atoms with Gasteiger partial charge in [0, 0.05) is 23.2 Å². The Balaban J connectivity index is 1.66. The summed E-state index contributed by atoms with van der Waals surface area (Å²) < 4.78 is 32.9. The molecule has 188 valence electrons. The van der Waals surface area contributed by atoms with E-state index in [-0.39, 0.29) is 16.3 Å². The lowest BCUT2D eigenvalue weighted by atomic mass is 10.0. The number of hydrogen-bond acceptors (Lipinski definition) is 7. The zero-order valence-corrected chi connectivity index (χ0v) is 21.5. The Morgan fingerprint density at radius 3 is 2.50 bits per heavy atom. The molecule has 10 nitrogen and oxygen atoms in total. The van der Waals surface area contributed by atoms with Gasteiger partial charge in [-0.25, -0.2) is 13.4 Å². The number of carbonyl (C=O) groups is 2. The van der Waals surface area contributed by atoms with Gasteiger partial charge in [0.05, 0.1) is 17.4 Å². The van der Waals surface area contributed by atoms with Crippen LogP contribution in [-0.2, 0) is 19.6 Å². The van der Waals surface area contributed by atoms with Crippen LogP contribution in [0.2, 0.25) is 5.02 Å². The van der Waals surface area contributed by atoms with E-state index in [1.54, 1.807) is 25.2 Å². The topological polar surface area (TPSA) is 134 Å². The summed E-state index contributed by atoms with van der Waals surface area (Å²) in [5, 5.41) is 6.68. The van der Waals surface area contributed by atoms with Gasteiger partial charge in [-0.15, -0.1) is 0 Å². The van der Waals surface area contributed by atoms with Crippen molar-refractivity contribution in [2.75, 3.05) is 11.9 Å². The van der Waals surface area contributed by atoms with Gasteiger partial charge in [-0.3, -0.25) is 9.59 Å².